The van der Waals surface area contributed by atoms with Crippen LogP contribution in [0.15, 0.2) is 73.2 Å². The molecule has 0 unspecified atom stereocenters. The van der Waals surface area contributed by atoms with Gasteiger partial charge in [-0.05, 0) is 35.9 Å². The van der Waals surface area contributed by atoms with Gasteiger partial charge in [-0.1, -0.05) is 40.2 Å². The van der Waals surface area contributed by atoms with E-state index >= 15 is 0 Å². The minimum atomic E-state index is -0.924. The number of urea groups is 1. The number of aromatic amines is 1. The normalized spacial score (nSPS) is 15.6. The first-order valence-corrected chi connectivity index (χ1v) is 8.89. The summed E-state index contributed by atoms with van der Waals surface area (Å²) in [6.07, 6.45) is 1.48. The van der Waals surface area contributed by atoms with Crippen LogP contribution in [0.4, 0.5) is 4.79 Å². The van der Waals surface area contributed by atoms with E-state index in [-0.39, 0.29) is 22.2 Å². The average Bonchev–Trinajstić information content (AvgIpc) is 2.67. The summed E-state index contributed by atoms with van der Waals surface area (Å²) in [6, 6.07) is 12.4. The van der Waals surface area contributed by atoms with Crippen LogP contribution in [0.2, 0.25) is 0 Å². The van der Waals surface area contributed by atoms with E-state index in [9.17, 15) is 19.2 Å². The highest BCUT2D eigenvalue weighted by Crippen LogP contribution is 2.17. The zero-order valence-corrected chi connectivity index (χ0v) is 15.7. The van der Waals surface area contributed by atoms with Crippen molar-refractivity contribution in [2.45, 2.75) is 0 Å². The van der Waals surface area contributed by atoms with Gasteiger partial charge in [0.05, 0.1) is 16.3 Å². The number of hydrogen-bond donors (Lipinski definition) is 2. The highest BCUT2D eigenvalue weighted by Gasteiger charge is 2.28. The standard InChI is InChI=1S/C19H11BrN4O4/c20-11-5-3-4-10(8-11)9-14-15(21-19(28)22-16(14)25)24-18(27)13-7-2-1-6-12(13)17(26)23-24/h1-9H,(H,23,26)(H,22,25,28)/b14-9-. The number of aromatic nitrogens is 2. The molecule has 0 atom stereocenters. The average molecular weight is 439 g/mol. The maximum Gasteiger partial charge on any atom is 0.349 e. The lowest BCUT2D eigenvalue weighted by Gasteiger charge is -2.16. The topological polar surface area (TPSA) is 113 Å². The SMILES string of the molecule is O=C1N=C(n2[nH]c(=O)c3ccccc3c2=O)/C(=C/c2cccc(Br)c2)C(=O)N1. The first kappa shape index (κ1) is 17.8. The van der Waals surface area contributed by atoms with Crippen molar-refractivity contribution in [3.05, 3.63) is 84.8 Å². The molecule has 1 aliphatic rings. The van der Waals surface area contributed by atoms with Crippen molar-refractivity contribution >= 4 is 50.6 Å². The van der Waals surface area contributed by atoms with Crippen molar-refractivity contribution < 1.29 is 9.59 Å². The number of aliphatic imine (C=N–C) groups is 1. The molecular formula is C19H11BrN4O4. The number of carbonyl (C=O) groups excluding carboxylic acids is 2. The summed E-state index contributed by atoms with van der Waals surface area (Å²) in [5.74, 6) is -0.975. The smallest absolute Gasteiger partial charge is 0.272 e. The molecule has 2 N–H and O–H groups in total. The number of carbonyl (C=O) groups is 2. The Morgan fingerprint density at radius 1 is 0.964 bits per heavy atom. The van der Waals surface area contributed by atoms with Gasteiger partial charge in [-0.15, -0.1) is 0 Å². The van der Waals surface area contributed by atoms with E-state index in [1.54, 1.807) is 30.3 Å². The van der Waals surface area contributed by atoms with E-state index in [0.717, 1.165) is 9.15 Å². The van der Waals surface area contributed by atoms with E-state index in [1.807, 2.05) is 6.07 Å². The molecule has 8 nitrogen and oxygen atoms in total. The molecule has 1 aliphatic heterocycles. The number of nitrogens with zero attached hydrogens (tertiary/aromatic N) is 2. The van der Waals surface area contributed by atoms with Crippen LogP contribution >= 0.6 is 15.9 Å². The number of nitrogens with one attached hydrogen (secondary N) is 2. The minimum absolute atomic E-state index is 0.0364. The summed E-state index contributed by atoms with van der Waals surface area (Å²) in [5, 5.41) is 4.82. The van der Waals surface area contributed by atoms with Crippen LogP contribution in [0.3, 0.4) is 0 Å². The minimum Gasteiger partial charge on any atom is -0.272 e. The van der Waals surface area contributed by atoms with Crippen molar-refractivity contribution in [3.63, 3.8) is 0 Å². The second-order valence-electron chi connectivity index (χ2n) is 5.93. The number of imide groups is 1. The summed E-state index contributed by atoms with van der Waals surface area (Å²) in [7, 11) is 0. The molecule has 4 rings (SSSR count). The van der Waals surface area contributed by atoms with E-state index in [4.69, 9.17) is 0 Å². The third-order valence-electron chi connectivity index (χ3n) is 4.10. The van der Waals surface area contributed by atoms with Crippen LogP contribution in [0.5, 0.6) is 0 Å². The quantitative estimate of drug-likeness (QED) is 0.565. The van der Waals surface area contributed by atoms with Crippen LogP contribution in [0, 0.1) is 0 Å². The number of benzene rings is 2. The van der Waals surface area contributed by atoms with E-state index in [0.29, 0.717) is 5.56 Å². The van der Waals surface area contributed by atoms with Gasteiger partial charge >= 0.3 is 6.03 Å². The Morgan fingerprint density at radius 2 is 1.71 bits per heavy atom. The Hall–Kier alpha value is -3.59. The summed E-state index contributed by atoms with van der Waals surface area (Å²) in [4.78, 5) is 53.3. The largest absolute Gasteiger partial charge is 0.349 e. The molecule has 0 radical (unpaired) electrons. The summed E-state index contributed by atoms with van der Waals surface area (Å²) in [5.41, 5.74) is -0.543. The van der Waals surface area contributed by atoms with Crippen LogP contribution in [-0.4, -0.2) is 27.6 Å². The third-order valence-corrected chi connectivity index (χ3v) is 4.60. The molecule has 3 amide bonds. The lowest BCUT2D eigenvalue weighted by atomic mass is 10.1. The van der Waals surface area contributed by atoms with Gasteiger partial charge in [-0.3, -0.25) is 24.8 Å². The van der Waals surface area contributed by atoms with Gasteiger partial charge in [0, 0.05) is 4.47 Å². The molecular weight excluding hydrogens is 428 g/mol. The molecule has 2 heterocycles. The number of H-pyrrole nitrogens is 1. The number of fused-ring (bicyclic) bond motifs is 1. The maximum absolute atomic E-state index is 12.9. The van der Waals surface area contributed by atoms with Gasteiger partial charge in [0.2, 0.25) is 0 Å². The van der Waals surface area contributed by atoms with Crippen LogP contribution < -0.4 is 16.4 Å². The lowest BCUT2D eigenvalue weighted by molar-refractivity contribution is -0.116. The molecule has 0 saturated heterocycles. The van der Waals surface area contributed by atoms with Gasteiger partial charge in [0.25, 0.3) is 17.0 Å². The summed E-state index contributed by atoms with van der Waals surface area (Å²) < 4.78 is 1.61. The van der Waals surface area contributed by atoms with Crippen molar-refractivity contribution in [3.8, 4) is 0 Å². The third kappa shape index (κ3) is 3.12. The van der Waals surface area contributed by atoms with Crippen molar-refractivity contribution in [1.82, 2.24) is 15.1 Å². The monoisotopic (exact) mass is 438 g/mol. The molecule has 9 heteroatoms. The highest BCUT2D eigenvalue weighted by atomic mass is 79.9. The predicted molar refractivity (Wildman–Crippen MR) is 107 cm³/mol. The zero-order valence-electron chi connectivity index (χ0n) is 14.1. The molecule has 0 aliphatic carbocycles. The fourth-order valence-electron chi connectivity index (χ4n) is 2.86. The van der Waals surface area contributed by atoms with Gasteiger partial charge in [0.15, 0.2) is 5.84 Å². The van der Waals surface area contributed by atoms with Gasteiger partial charge in [0.1, 0.15) is 0 Å². The molecule has 0 bridgehead atoms. The van der Waals surface area contributed by atoms with Crippen LogP contribution in [0.1, 0.15) is 5.56 Å². The first-order chi connectivity index (χ1) is 13.4. The van der Waals surface area contributed by atoms with Gasteiger partial charge in [-0.25, -0.2) is 4.79 Å². The van der Waals surface area contributed by atoms with Crippen LogP contribution in [-0.2, 0) is 4.79 Å². The van der Waals surface area contributed by atoms with Gasteiger partial charge in [-0.2, -0.15) is 9.67 Å². The number of rotatable bonds is 1. The van der Waals surface area contributed by atoms with E-state index < -0.39 is 23.1 Å². The van der Waals surface area contributed by atoms with Crippen molar-refractivity contribution in [2.24, 2.45) is 4.99 Å². The molecule has 1 aromatic heterocycles. The lowest BCUT2D eigenvalue weighted by Crippen LogP contribution is -2.44. The first-order valence-electron chi connectivity index (χ1n) is 8.10. The highest BCUT2D eigenvalue weighted by molar-refractivity contribution is 9.10. The number of halogens is 1. The second kappa shape index (κ2) is 6.86. The number of amides is 3. The van der Waals surface area contributed by atoms with Gasteiger partial charge < -0.3 is 0 Å². The van der Waals surface area contributed by atoms with E-state index in [1.165, 1.54) is 18.2 Å². The molecule has 3 aromatic rings. The fraction of sp³-hybridized carbons (Fsp3) is 0. The van der Waals surface area contributed by atoms with Crippen LogP contribution in [0.25, 0.3) is 16.8 Å². The predicted octanol–water partition coefficient (Wildman–Crippen LogP) is 2.03. The Labute approximate surface area is 165 Å². The molecule has 138 valence electrons. The Bertz CT molecular complexity index is 1330. The molecule has 0 fully saturated rings. The molecule has 2 aromatic carbocycles. The Morgan fingerprint density at radius 3 is 2.46 bits per heavy atom. The summed E-state index contributed by atoms with van der Waals surface area (Å²) in [6.45, 7) is 0. The second-order valence-corrected chi connectivity index (χ2v) is 6.85. The molecule has 28 heavy (non-hydrogen) atoms. The zero-order chi connectivity index (χ0) is 19.8. The molecule has 0 saturated carbocycles. The van der Waals surface area contributed by atoms with Crippen molar-refractivity contribution in [1.29, 1.82) is 0 Å². The van der Waals surface area contributed by atoms with Crippen molar-refractivity contribution in [2.75, 3.05) is 0 Å². The summed E-state index contributed by atoms with van der Waals surface area (Å²) >= 11 is 3.34. The number of hydrogen-bond acceptors (Lipinski definition) is 4. The molecule has 0 spiro atoms. The van der Waals surface area contributed by atoms with E-state index in [2.05, 4.69) is 31.3 Å². The fourth-order valence-corrected chi connectivity index (χ4v) is 3.28. The Kier molecular flexibility index (Phi) is 4.36. The Balaban J connectivity index is 1.98. The maximum atomic E-state index is 12.9.